The largest absolute Gasteiger partial charge is 0.493 e. The summed E-state index contributed by atoms with van der Waals surface area (Å²) in [5.74, 6) is 6.57. The molecule has 0 spiro atoms. The van der Waals surface area contributed by atoms with E-state index >= 15 is 0 Å². The van der Waals surface area contributed by atoms with E-state index in [1.807, 2.05) is 10.7 Å². The molecule has 2 aromatic rings. The molecule has 1 atom stereocenters. The second kappa shape index (κ2) is 6.60. The molecule has 0 fully saturated rings. The van der Waals surface area contributed by atoms with Crippen molar-refractivity contribution in [2.24, 2.45) is 5.84 Å². The monoisotopic (exact) mass is 352 g/mol. The Morgan fingerprint density at radius 3 is 2.67 bits per heavy atom. The normalized spacial score (nSPS) is 12.7. The number of methoxy groups -OCH3 is 1. The van der Waals surface area contributed by atoms with Crippen molar-refractivity contribution in [3.63, 3.8) is 0 Å². The summed E-state index contributed by atoms with van der Waals surface area (Å²) in [6, 6.07) is 6.17. The summed E-state index contributed by atoms with van der Waals surface area (Å²) in [6.45, 7) is 6.23. The summed E-state index contributed by atoms with van der Waals surface area (Å²) in [6.07, 6.45) is 1.73. The molecule has 2 rings (SSSR count). The third-order valence-electron chi connectivity index (χ3n) is 3.50. The Morgan fingerprint density at radius 1 is 1.38 bits per heavy atom. The molecule has 0 saturated carbocycles. The molecule has 0 aliphatic heterocycles. The summed E-state index contributed by atoms with van der Waals surface area (Å²) >= 11 is 3.52. The zero-order valence-electron chi connectivity index (χ0n) is 12.7. The highest BCUT2D eigenvalue weighted by atomic mass is 79.9. The van der Waals surface area contributed by atoms with Gasteiger partial charge in [0.2, 0.25) is 0 Å². The van der Waals surface area contributed by atoms with E-state index in [0.717, 1.165) is 27.0 Å². The number of rotatable bonds is 5. The third kappa shape index (κ3) is 3.12. The van der Waals surface area contributed by atoms with Crippen molar-refractivity contribution in [1.82, 2.24) is 15.2 Å². The van der Waals surface area contributed by atoms with Crippen LogP contribution in [0.25, 0.3) is 0 Å². The van der Waals surface area contributed by atoms with Gasteiger partial charge in [-0.2, -0.15) is 5.10 Å². The van der Waals surface area contributed by atoms with E-state index < -0.39 is 0 Å². The van der Waals surface area contributed by atoms with E-state index in [0.29, 0.717) is 0 Å². The van der Waals surface area contributed by atoms with E-state index in [1.54, 1.807) is 13.3 Å². The van der Waals surface area contributed by atoms with E-state index in [1.165, 1.54) is 0 Å². The fourth-order valence-corrected chi connectivity index (χ4v) is 2.82. The highest BCUT2D eigenvalue weighted by Gasteiger charge is 2.25. The minimum atomic E-state index is -0.192. The molecule has 0 radical (unpaired) electrons. The van der Waals surface area contributed by atoms with Crippen LogP contribution in [0.3, 0.4) is 0 Å². The highest BCUT2D eigenvalue weighted by Crippen LogP contribution is 2.33. The smallest absolute Gasteiger partial charge is 0.161 e. The standard InChI is InChI=1S/C15H21BrN4O/c1-9(2)20-15(13(21-4)8-18-20)14(19-17)12-7-11(16)6-5-10(12)3/h5-9,14,19H,17H2,1-4H3. The number of benzene rings is 1. The summed E-state index contributed by atoms with van der Waals surface area (Å²) in [7, 11) is 1.65. The second-order valence-electron chi connectivity index (χ2n) is 5.24. The Labute approximate surface area is 133 Å². The average Bonchev–Trinajstić information content (AvgIpc) is 2.87. The first-order valence-electron chi connectivity index (χ1n) is 6.83. The lowest BCUT2D eigenvalue weighted by Gasteiger charge is -2.22. The van der Waals surface area contributed by atoms with Crippen LogP contribution in [0.4, 0.5) is 0 Å². The Hall–Kier alpha value is -1.37. The van der Waals surface area contributed by atoms with E-state index in [9.17, 15) is 0 Å². The third-order valence-corrected chi connectivity index (χ3v) is 3.99. The highest BCUT2D eigenvalue weighted by molar-refractivity contribution is 9.10. The Morgan fingerprint density at radius 2 is 2.10 bits per heavy atom. The van der Waals surface area contributed by atoms with Crippen LogP contribution in [-0.4, -0.2) is 16.9 Å². The second-order valence-corrected chi connectivity index (χ2v) is 6.15. The summed E-state index contributed by atoms with van der Waals surface area (Å²) < 4.78 is 8.41. The number of ether oxygens (including phenoxy) is 1. The van der Waals surface area contributed by atoms with Crippen LogP contribution in [0.1, 0.15) is 42.8 Å². The molecule has 0 saturated heterocycles. The van der Waals surface area contributed by atoms with Crippen molar-refractivity contribution in [2.75, 3.05) is 7.11 Å². The molecule has 0 aliphatic rings. The molecule has 5 nitrogen and oxygen atoms in total. The Bertz CT molecular complexity index is 624. The van der Waals surface area contributed by atoms with Crippen LogP contribution < -0.4 is 16.0 Å². The van der Waals surface area contributed by atoms with Gasteiger partial charge in [-0.05, 0) is 44.0 Å². The van der Waals surface area contributed by atoms with Gasteiger partial charge in [0.15, 0.2) is 5.75 Å². The number of nitrogens with two attached hydrogens (primary N) is 1. The molecule has 0 amide bonds. The number of aryl methyl sites for hydroxylation is 1. The number of hydrazine groups is 1. The Kier molecular flexibility index (Phi) is 5.03. The van der Waals surface area contributed by atoms with Gasteiger partial charge in [0.1, 0.15) is 5.69 Å². The number of nitrogens with one attached hydrogen (secondary N) is 1. The number of halogens is 1. The lowest BCUT2D eigenvalue weighted by molar-refractivity contribution is 0.394. The van der Waals surface area contributed by atoms with Gasteiger partial charge in [0.05, 0.1) is 19.3 Å². The predicted octanol–water partition coefficient (Wildman–Crippen LogP) is 3.10. The van der Waals surface area contributed by atoms with Gasteiger partial charge in [-0.15, -0.1) is 0 Å². The minimum Gasteiger partial charge on any atom is -0.493 e. The van der Waals surface area contributed by atoms with Crippen LogP contribution in [0, 0.1) is 6.92 Å². The molecule has 1 aromatic carbocycles. The molecule has 0 bridgehead atoms. The van der Waals surface area contributed by atoms with E-state index in [4.69, 9.17) is 10.6 Å². The predicted molar refractivity (Wildman–Crippen MR) is 87.2 cm³/mol. The van der Waals surface area contributed by atoms with Crippen molar-refractivity contribution in [3.05, 3.63) is 45.7 Å². The maximum absolute atomic E-state index is 5.85. The van der Waals surface area contributed by atoms with Gasteiger partial charge in [-0.1, -0.05) is 22.0 Å². The van der Waals surface area contributed by atoms with Crippen LogP contribution in [0.15, 0.2) is 28.9 Å². The van der Waals surface area contributed by atoms with Crippen LogP contribution >= 0.6 is 15.9 Å². The fraction of sp³-hybridized carbons (Fsp3) is 0.400. The van der Waals surface area contributed by atoms with Crippen LogP contribution in [-0.2, 0) is 0 Å². The maximum atomic E-state index is 5.85. The maximum Gasteiger partial charge on any atom is 0.161 e. The minimum absolute atomic E-state index is 0.192. The molecule has 3 N–H and O–H groups in total. The lowest BCUT2D eigenvalue weighted by Crippen LogP contribution is -2.32. The lowest BCUT2D eigenvalue weighted by atomic mass is 9.98. The number of hydrogen-bond donors (Lipinski definition) is 2. The quantitative estimate of drug-likeness (QED) is 0.640. The van der Waals surface area contributed by atoms with Gasteiger partial charge < -0.3 is 4.74 Å². The summed E-state index contributed by atoms with van der Waals surface area (Å²) in [5, 5.41) is 4.42. The first-order valence-corrected chi connectivity index (χ1v) is 7.62. The van der Waals surface area contributed by atoms with Gasteiger partial charge >= 0.3 is 0 Å². The van der Waals surface area contributed by atoms with Gasteiger partial charge in [0.25, 0.3) is 0 Å². The molecule has 0 aliphatic carbocycles. The molecule has 21 heavy (non-hydrogen) atoms. The molecule has 1 heterocycles. The molecular weight excluding hydrogens is 332 g/mol. The number of aromatic nitrogens is 2. The average molecular weight is 353 g/mol. The SMILES string of the molecule is COc1cnn(C(C)C)c1C(NN)c1cc(Br)ccc1C. The van der Waals surface area contributed by atoms with Gasteiger partial charge in [-0.3, -0.25) is 10.5 Å². The van der Waals surface area contributed by atoms with E-state index in [-0.39, 0.29) is 12.1 Å². The Balaban J connectivity index is 2.61. The zero-order valence-corrected chi connectivity index (χ0v) is 14.3. The van der Waals surface area contributed by atoms with Crippen LogP contribution in [0.5, 0.6) is 5.75 Å². The van der Waals surface area contributed by atoms with Crippen molar-refractivity contribution < 1.29 is 4.74 Å². The topological polar surface area (TPSA) is 65.1 Å². The van der Waals surface area contributed by atoms with Crippen molar-refractivity contribution in [3.8, 4) is 5.75 Å². The molecule has 6 heteroatoms. The number of hydrogen-bond acceptors (Lipinski definition) is 4. The fourth-order valence-electron chi connectivity index (χ4n) is 2.44. The molecule has 114 valence electrons. The first-order chi connectivity index (χ1) is 9.99. The van der Waals surface area contributed by atoms with Gasteiger partial charge in [-0.25, -0.2) is 5.43 Å². The van der Waals surface area contributed by atoms with E-state index in [2.05, 4.69) is 59.4 Å². The molecule has 1 aromatic heterocycles. The van der Waals surface area contributed by atoms with Crippen LogP contribution in [0.2, 0.25) is 0 Å². The van der Waals surface area contributed by atoms with Crippen molar-refractivity contribution in [2.45, 2.75) is 32.9 Å². The first kappa shape index (κ1) is 16.0. The summed E-state index contributed by atoms with van der Waals surface area (Å²) in [5.41, 5.74) is 6.07. The zero-order chi connectivity index (χ0) is 15.6. The van der Waals surface area contributed by atoms with Crippen molar-refractivity contribution >= 4 is 15.9 Å². The summed E-state index contributed by atoms with van der Waals surface area (Å²) in [4.78, 5) is 0. The number of nitrogens with zero attached hydrogens (tertiary/aromatic N) is 2. The van der Waals surface area contributed by atoms with Crippen molar-refractivity contribution in [1.29, 1.82) is 0 Å². The molecular formula is C15H21BrN4O. The van der Waals surface area contributed by atoms with Gasteiger partial charge in [0, 0.05) is 10.5 Å². The molecule has 1 unspecified atom stereocenters.